The Morgan fingerprint density at radius 1 is 0.362 bits per heavy atom. The molecule has 3 atom stereocenters. The minimum absolute atomic E-state index is 0.123. The second kappa shape index (κ2) is 44.1. The van der Waals surface area contributed by atoms with E-state index in [1.165, 1.54) is 59.1 Å². The van der Waals surface area contributed by atoms with Crippen LogP contribution in [-0.2, 0) is 59.3 Å². The molecular formula is C85H124O9. The maximum Gasteiger partial charge on any atom is 0.200 e. The number of aromatic hydroxyl groups is 3. The van der Waals surface area contributed by atoms with Gasteiger partial charge in [-0.05, 0) is 197 Å². The summed E-state index contributed by atoms with van der Waals surface area (Å²) >= 11 is 0. The van der Waals surface area contributed by atoms with E-state index in [0.29, 0.717) is 42.3 Å². The van der Waals surface area contributed by atoms with E-state index < -0.39 is 0 Å². The van der Waals surface area contributed by atoms with Gasteiger partial charge in [-0.25, -0.2) is 0 Å². The predicted octanol–water partition coefficient (Wildman–Crippen LogP) is 22.8. The molecule has 3 unspecified atom stereocenters. The summed E-state index contributed by atoms with van der Waals surface area (Å²) in [5, 5.41) is 26.6. The fourth-order valence-corrected chi connectivity index (χ4v) is 9.71. The molecule has 9 nitrogen and oxygen atoms in total. The van der Waals surface area contributed by atoms with Crippen molar-refractivity contribution in [1.82, 2.24) is 0 Å². The summed E-state index contributed by atoms with van der Waals surface area (Å²) in [6.07, 6.45) is 13.6. The van der Waals surface area contributed by atoms with Gasteiger partial charge in [0.25, 0.3) is 0 Å². The third-order valence-corrected chi connectivity index (χ3v) is 15.7. The molecule has 7 aromatic carbocycles. The Morgan fingerprint density at radius 2 is 0.670 bits per heavy atom. The van der Waals surface area contributed by atoms with E-state index in [2.05, 4.69) is 185 Å². The van der Waals surface area contributed by atoms with Gasteiger partial charge in [0.05, 0.1) is 19.8 Å². The summed E-state index contributed by atoms with van der Waals surface area (Å²) in [7, 11) is 0. The summed E-state index contributed by atoms with van der Waals surface area (Å²) in [6, 6.07) is 57.0. The van der Waals surface area contributed by atoms with Crippen LogP contribution in [-0.4, -0.2) is 47.4 Å². The first-order valence-electron chi connectivity index (χ1n) is 35.1. The van der Waals surface area contributed by atoms with Gasteiger partial charge in [0.1, 0.15) is 34.5 Å². The smallest absolute Gasteiger partial charge is 0.200 e. The lowest BCUT2D eigenvalue weighted by atomic mass is 9.83. The van der Waals surface area contributed by atoms with Crippen LogP contribution < -0.4 is 14.2 Å². The Labute approximate surface area is 571 Å². The van der Waals surface area contributed by atoms with Gasteiger partial charge in [-0.3, -0.25) is 0 Å². The van der Waals surface area contributed by atoms with Crippen LogP contribution in [0.25, 0.3) is 0 Å². The lowest BCUT2D eigenvalue weighted by molar-refractivity contribution is -0.118. The minimum atomic E-state index is -0.248. The van der Waals surface area contributed by atoms with Crippen molar-refractivity contribution in [1.29, 1.82) is 0 Å². The van der Waals surface area contributed by atoms with Crippen molar-refractivity contribution in [2.24, 2.45) is 34.0 Å². The molecule has 0 saturated heterocycles. The van der Waals surface area contributed by atoms with E-state index in [-0.39, 0.29) is 35.1 Å². The van der Waals surface area contributed by atoms with Gasteiger partial charge in [0.2, 0.25) is 6.29 Å². The molecule has 8 rings (SSSR count). The fraction of sp³-hybridized carbons (Fsp3) is 0.506. The van der Waals surface area contributed by atoms with E-state index in [4.69, 9.17) is 43.7 Å². The average molecular weight is 1290 g/mol. The summed E-state index contributed by atoms with van der Waals surface area (Å²) in [4.78, 5) is 0. The lowest BCUT2D eigenvalue weighted by Gasteiger charge is -2.29. The standard InChI is InChI=1S/C21H34O2.C21H28O2.C19H32O2.3C8H10O/c1-5-18-10-12-20(13-11-18)23-21(14-16(2)3)22-15-19-8-6-17(4)7-9-19;1-5-17-11-13-19(14-12-17)23-20(15-21(2,3)4)22-16-18-9-7-6-8-10-18;1-8-15-9-11-16(12-10-15)21-17(13-18(2,3)4)20-14-19(5,6)7;3*1-2-7-3-5-8(9)6-4-7/h10-13,16-17,19,21H,5-9,14-15H2,1-4H3;6-14,20H,5,15-16H2,1-4H3;9-12,17H,8,13-14H2,1-7H3;3*3-6,9H,2H2,1H3. The van der Waals surface area contributed by atoms with Crippen molar-refractivity contribution < 1.29 is 43.7 Å². The zero-order valence-corrected chi connectivity index (χ0v) is 61.3. The Kier molecular flexibility index (Phi) is 38.2. The second-order valence-electron chi connectivity index (χ2n) is 29.0. The van der Waals surface area contributed by atoms with E-state index in [9.17, 15) is 0 Å². The van der Waals surface area contributed by atoms with Crippen molar-refractivity contribution in [2.45, 2.75) is 234 Å². The first kappa shape index (κ1) is 81.5. The Hall–Kier alpha value is -6.78. The van der Waals surface area contributed by atoms with Crippen LogP contribution in [0.15, 0.2) is 176 Å². The highest BCUT2D eigenvalue weighted by Gasteiger charge is 2.25. The van der Waals surface area contributed by atoms with Crippen molar-refractivity contribution in [3.8, 4) is 34.5 Å². The van der Waals surface area contributed by atoms with Gasteiger partial charge in [-0.2, -0.15) is 0 Å². The van der Waals surface area contributed by atoms with E-state index in [1.807, 2.05) is 78.9 Å². The molecular weight excluding hydrogens is 1160 g/mol. The molecule has 7 aromatic rings. The summed E-state index contributed by atoms with van der Waals surface area (Å²) in [5.41, 5.74) is 9.38. The molecule has 94 heavy (non-hydrogen) atoms. The average Bonchev–Trinajstić information content (AvgIpc) is 1.71. The van der Waals surface area contributed by atoms with Crippen molar-refractivity contribution in [3.63, 3.8) is 0 Å². The summed E-state index contributed by atoms with van der Waals surface area (Å²) < 4.78 is 36.5. The maximum atomic E-state index is 8.85. The second-order valence-corrected chi connectivity index (χ2v) is 29.0. The molecule has 0 radical (unpaired) electrons. The van der Waals surface area contributed by atoms with Crippen LogP contribution in [0.1, 0.15) is 209 Å². The molecule has 0 heterocycles. The molecule has 0 bridgehead atoms. The first-order chi connectivity index (χ1) is 44.6. The molecule has 1 saturated carbocycles. The van der Waals surface area contributed by atoms with Crippen LogP contribution in [0.2, 0.25) is 0 Å². The van der Waals surface area contributed by atoms with Crippen LogP contribution in [0.3, 0.4) is 0 Å². The van der Waals surface area contributed by atoms with Gasteiger partial charge in [0, 0.05) is 19.3 Å². The van der Waals surface area contributed by atoms with Crippen molar-refractivity contribution in [2.75, 3.05) is 13.2 Å². The number of rotatable bonds is 24. The van der Waals surface area contributed by atoms with Crippen LogP contribution in [0.4, 0.5) is 0 Å². The molecule has 0 amide bonds. The molecule has 1 aliphatic carbocycles. The minimum Gasteiger partial charge on any atom is -0.508 e. The summed E-state index contributed by atoms with van der Waals surface area (Å²) in [6.45, 7) is 41.4. The normalized spacial score (nSPS) is 14.6. The van der Waals surface area contributed by atoms with Gasteiger partial charge in [-0.1, -0.05) is 241 Å². The third-order valence-electron chi connectivity index (χ3n) is 15.7. The molecule has 518 valence electrons. The highest BCUT2D eigenvalue weighted by atomic mass is 16.7. The highest BCUT2D eigenvalue weighted by molar-refractivity contribution is 5.31. The molecule has 9 heteroatoms. The Morgan fingerprint density at radius 3 is 0.968 bits per heavy atom. The number of hydrogen-bond acceptors (Lipinski definition) is 9. The summed E-state index contributed by atoms with van der Waals surface area (Å²) in [5.74, 6) is 5.87. The largest absolute Gasteiger partial charge is 0.508 e. The number of ether oxygens (including phenoxy) is 6. The molecule has 0 spiro atoms. The van der Waals surface area contributed by atoms with Gasteiger partial charge >= 0.3 is 0 Å². The zero-order valence-electron chi connectivity index (χ0n) is 61.3. The third kappa shape index (κ3) is 38.6. The number of phenolic OH excluding ortho intramolecular Hbond substituents is 3. The van der Waals surface area contributed by atoms with Crippen molar-refractivity contribution >= 4 is 0 Å². The lowest BCUT2D eigenvalue weighted by Crippen LogP contribution is -2.30. The first-order valence-corrected chi connectivity index (χ1v) is 35.1. The Bertz CT molecular complexity index is 2860. The molecule has 0 aromatic heterocycles. The van der Waals surface area contributed by atoms with E-state index >= 15 is 0 Å². The predicted molar refractivity (Wildman–Crippen MR) is 394 cm³/mol. The van der Waals surface area contributed by atoms with Gasteiger partial charge in [0.15, 0.2) is 12.6 Å². The van der Waals surface area contributed by atoms with Gasteiger partial charge < -0.3 is 43.7 Å². The van der Waals surface area contributed by atoms with E-state index in [1.54, 1.807) is 36.4 Å². The SMILES string of the molecule is CCc1ccc(O)cc1.CCc1ccc(O)cc1.CCc1ccc(O)cc1.CCc1ccc(OC(CC(C)(C)C)OCC(C)(C)C)cc1.CCc1ccc(OC(CC(C)(C)C)OCc2ccccc2)cc1.CCc1ccc(OC(CC(C)C)OCC2CCC(C)CC2)cc1. The zero-order chi connectivity index (χ0) is 69.5. The fourth-order valence-electron chi connectivity index (χ4n) is 9.71. The maximum absolute atomic E-state index is 8.85. The highest BCUT2D eigenvalue weighted by Crippen LogP contribution is 2.31. The number of aryl methyl sites for hydroxylation is 6. The molecule has 1 fully saturated rings. The molecule has 3 N–H and O–H groups in total. The number of phenols is 3. The number of hydrogen-bond donors (Lipinski definition) is 3. The Balaban J connectivity index is 0.000000308. The number of benzene rings is 7. The van der Waals surface area contributed by atoms with E-state index in [0.717, 1.165) is 93.1 Å². The monoisotopic (exact) mass is 1290 g/mol. The topological polar surface area (TPSA) is 116 Å². The van der Waals surface area contributed by atoms with Crippen LogP contribution in [0.5, 0.6) is 34.5 Å². The van der Waals surface area contributed by atoms with Crippen molar-refractivity contribution in [3.05, 3.63) is 215 Å². The quantitative estimate of drug-likeness (QED) is 0.0509. The van der Waals surface area contributed by atoms with Crippen LogP contribution >= 0.6 is 0 Å². The van der Waals surface area contributed by atoms with Crippen LogP contribution in [0, 0.1) is 34.0 Å². The molecule has 0 aliphatic heterocycles. The van der Waals surface area contributed by atoms with Gasteiger partial charge in [-0.15, -0.1) is 0 Å². The molecule has 1 aliphatic rings.